The van der Waals surface area contributed by atoms with Crippen molar-refractivity contribution in [3.8, 4) is 0 Å². The van der Waals surface area contributed by atoms with Crippen LogP contribution in [0.25, 0.3) is 0 Å². The van der Waals surface area contributed by atoms with Gasteiger partial charge in [-0.25, -0.2) is 0 Å². The average Bonchev–Trinajstić information content (AvgIpc) is 2.21. The summed E-state index contributed by atoms with van der Waals surface area (Å²) in [5.41, 5.74) is 3.01. The summed E-state index contributed by atoms with van der Waals surface area (Å²) < 4.78 is 0. The molecule has 2 nitrogen and oxygen atoms in total. The van der Waals surface area contributed by atoms with Gasteiger partial charge in [-0.2, -0.15) is 0 Å². The van der Waals surface area contributed by atoms with Gasteiger partial charge < -0.3 is 0 Å². The molecule has 0 aromatic carbocycles. The van der Waals surface area contributed by atoms with Crippen molar-refractivity contribution in [2.75, 3.05) is 0 Å². The lowest BCUT2D eigenvalue weighted by molar-refractivity contribution is 0.276. The molecule has 1 unspecified atom stereocenters. The summed E-state index contributed by atoms with van der Waals surface area (Å²) >= 11 is 0. The van der Waals surface area contributed by atoms with Gasteiger partial charge >= 0.3 is 0 Å². The molecule has 1 fully saturated rings. The summed E-state index contributed by atoms with van der Waals surface area (Å²) in [5, 5.41) is 0. The molecular formula is C13H26N2. The second kappa shape index (κ2) is 7.89. The Labute approximate surface area is 94.3 Å². The lowest BCUT2D eigenvalue weighted by Gasteiger charge is -2.28. The summed E-state index contributed by atoms with van der Waals surface area (Å²) in [6.07, 6.45) is 13.9. The molecule has 0 spiro atoms. The minimum atomic E-state index is 0.501. The van der Waals surface area contributed by atoms with Crippen LogP contribution in [0.1, 0.15) is 57.8 Å². The Morgan fingerprint density at radius 1 is 1.20 bits per heavy atom. The third kappa shape index (κ3) is 4.80. The zero-order valence-electron chi connectivity index (χ0n) is 9.88. The fourth-order valence-electron chi connectivity index (χ4n) is 2.64. The van der Waals surface area contributed by atoms with E-state index in [4.69, 9.17) is 5.84 Å². The number of nitrogens with two attached hydrogens (primary N) is 1. The highest BCUT2D eigenvalue weighted by Crippen LogP contribution is 2.26. The first-order valence-electron chi connectivity index (χ1n) is 6.45. The molecule has 0 amide bonds. The number of hydrazine groups is 1. The van der Waals surface area contributed by atoms with Crippen molar-refractivity contribution in [2.45, 2.75) is 63.8 Å². The van der Waals surface area contributed by atoms with Crippen molar-refractivity contribution in [1.29, 1.82) is 0 Å². The predicted molar refractivity (Wildman–Crippen MR) is 66.4 cm³/mol. The van der Waals surface area contributed by atoms with Gasteiger partial charge in [0.1, 0.15) is 0 Å². The normalized spacial score (nSPS) is 21.7. The van der Waals surface area contributed by atoms with E-state index in [0.29, 0.717) is 6.04 Å². The molecule has 1 aliphatic carbocycles. The molecule has 1 atom stereocenters. The maximum Gasteiger partial charge on any atom is 0.0241 e. The van der Waals surface area contributed by atoms with Crippen LogP contribution in [0.5, 0.6) is 0 Å². The minimum absolute atomic E-state index is 0.501. The Hall–Kier alpha value is -0.340. The average molecular weight is 210 g/mol. The topological polar surface area (TPSA) is 38.0 Å². The molecule has 1 saturated carbocycles. The van der Waals surface area contributed by atoms with Gasteiger partial charge in [0, 0.05) is 6.04 Å². The summed E-state index contributed by atoms with van der Waals surface area (Å²) in [5.74, 6) is 6.44. The second-order valence-corrected chi connectivity index (χ2v) is 4.74. The van der Waals surface area contributed by atoms with E-state index >= 15 is 0 Å². The highest BCUT2D eigenvalue weighted by molar-refractivity contribution is 4.79. The highest BCUT2D eigenvalue weighted by Gasteiger charge is 2.20. The van der Waals surface area contributed by atoms with Crippen LogP contribution >= 0.6 is 0 Å². The third-order valence-corrected chi connectivity index (χ3v) is 3.61. The van der Waals surface area contributed by atoms with Gasteiger partial charge in [0.05, 0.1) is 0 Å². The molecule has 15 heavy (non-hydrogen) atoms. The Morgan fingerprint density at radius 3 is 2.33 bits per heavy atom. The summed E-state index contributed by atoms with van der Waals surface area (Å²) in [7, 11) is 0. The zero-order chi connectivity index (χ0) is 10.9. The lowest BCUT2D eigenvalue weighted by atomic mass is 9.84. The van der Waals surface area contributed by atoms with Crippen LogP contribution < -0.4 is 11.3 Å². The van der Waals surface area contributed by atoms with E-state index < -0.39 is 0 Å². The van der Waals surface area contributed by atoms with Crippen molar-refractivity contribution in [2.24, 2.45) is 11.8 Å². The van der Waals surface area contributed by atoms with Crippen molar-refractivity contribution in [3.05, 3.63) is 12.7 Å². The molecule has 3 N–H and O–H groups in total. The molecule has 0 bridgehead atoms. The SMILES string of the molecule is C=CCCC(NN)C1CCCCCCC1. The highest BCUT2D eigenvalue weighted by atomic mass is 15.2. The molecule has 1 rings (SSSR count). The largest absolute Gasteiger partial charge is 0.271 e. The van der Waals surface area contributed by atoms with Crippen molar-refractivity contribution < 1.29 is 0 Å². The molecule has 0 saturated heterocycles. The Bertz CT molecular complexity index is 160. The Morgan fingerprint density at radius 2 is 1.80 bits per heavy atom. The number of allylic oxidation sites excluding steroid dienone is 1. The van der Waals surface area contributed by atoms with Crippen LogP contribution in [0.3, 0.4) is 0 Å². The molecular weight excluding hydrogens is 184 g/mol. The number of hydrogen-bond donors (Lipinski definition) is 2. The maximum atomic E-state index is 5.65. The first-order chi connectivity index (χ1) is 7.38. The van der Waals surface area contributed by atoms with Gasteiger partial charge in [0.25, 0.3) is 0 Å². The molecule has 0 heterocycles. The van der Waals surface area contributed by atoms with E-state index in [-0.39, 0.29) is 0 Å². The molecule has 2 heteroatoms. The molecule has 0 aromatic heterocycles. The fourth-order valence-corrected chi connectivity index (χ4v) is 2.64. The molecule has 0 aliphatic heterocycles. The number of nitrogens with one attached hydrogen (secondary N) is 1. The number of hydrogen-bond acceptors (Lipinski definition) is 2. The van der Waals surface area contributed by atoms with Crippen LogP contribution in [0, 0.1) is 5.92 Å². The van der Waals surface area contributed by atoms with E-state index in [2.05, 4.69) is 12.0 Å². The summed E-state index contributed by atoms with van der Waals surface area (Å²) in [4.78, 5) is 0. The molecule has 0 radical (unpaired) electrons. The first-order valence-corrected chi connectivity index (χ1v) is 6.45. The molecule has 88 valence electrons. The van der Waals surface area contributed by atoms with Gasteiger partial charge in [-0.15, -0.1) is 6.58 Å². The van der Waals surface area contributed by atoms with Crippen molar-refractivity contribution >= 4 is 0 Å². The summed E-state index contributed by atoms with van der Waals surface area (Å²) in [6.45, 7) is 3.78. The van der Waals surface area contributed by atoms with Crippen LogP contribution in [0.4, 0.5) is 0 Å². The van der Waals surface area contributed by atoms with Crippen LogP contribution in [-0.4, -0.2) is 6.04 Å². The lowest BCUT2D eigenvalue weighted by Crippen LogP contribution is -2.41. The van der Waals surface area contributed by atoms with Crippen LogP contribution in [-0.2, 0) is 0 Å². The van der Waals surface area contributed by atoms with Gasteiger partial charge in [-0.3, -0.25) is 11.3 Å². The van der Waals surface area contributed by atoms with E-state index in [1.165, 1.54) is 44.9 Å². The molecule has 0 aromatic rings. The van der Waals surface area contributed by atoms with E-state index in [0.717, 1.165) is 18.8 Å². The zero-order valence-corrected chi connectivity index (χ0v) is 9.88. The van der Waals surface area contributed by atoms with Gasteiger partial charge in [0.2, 0.25) is 0 Å². The third-order valence-electron chi connectivity index (χ3n) is 3.61. The van der Waals surface area contributed by atoms with E-state index in [9.17, 15) is 0 Å². The van der Waals surface area contributed by atoms with Crippen LogP contribution in [0.15, 0.2) is 12.7 Å². The van der Waals surface area contributed by atoms with Gasteiger partial charge in [0.15, 0.2) is 0 Å². The standard InChI is InChI=1S/C13H26N2/c1-2-3-11-13(15-14)12-9-7-5-4-6-8-10-12/h2,12-13,15H,1,3-11,14H2. The maximum absolute atomic E-state index is 5.65. The predicted octanol–water partition coefficient (Wildman–Crippen LogP) is 3.15. The molecule has 1 aliphatic rings. The Kier molecular flexibility index (Phi) is 6.69. The second-order valence-electron chi connectivity index (χ2n) is 4.74. The smallest absolute Gasteiger partial charge is 0.0241 e. The van der Waals surface area contributed by atoms with Gasteiger partial charge in [-0.05, 0) is 31.6 Å². The Balaban J connectivity index is 2.36. The van der Waals surface area contributed by atoms with Crippen molar-refractivity contribution in [1.82, 2.24) is 5.43 Å². The van der Waals surface area contributed by atoms with Gasteiger partial charge in [-0.1, -0.05) is 38.2 Å². The van der Waals surface area contributed by atoms with Crippen molar-refractivity contribution in [3.63, 3.8) is 0 Å². The van der Waals surface area contributed by atoms with E-state index in [1.807, 2.05) is 6.08 Å². The fraction of sp³-hybridized carbons (Fsp3) is 0.846. The monoisotopic (exact) mass is 210 g/mol. The quantitative estimate of drug-likeness (QED) is 0.415. The number of rotatable bonds is 5. The van der Waals surface area contributed by atoms with Crippen LogP contribution in [0.2, 0.25) is 0 Å². The van der Waals surface area contributed by atoms with E-state index in [1.54, 1.807) is 0 Å². The minimum Gasteiger partial charge on any atom is -0.271 e. The summed E-state index contributed by atoms with van der Waals surface area (Å²) in [6, 6.07) is 0.501. The first kappa shape index (κ1) is 12.7.